The first-order valence-electron chi connectivity index (χ1n) is 9.90. The summed E-state index contributed by atoms with van der Waals surface area (Å²) in [7, 11) is 2.07. The molecule has 0 aliphatic carbocycles. The number of morpholine rings is 1. The predicted molar refractivity (Wildman–Crippen MR) is 105 cm³/mol. The van der Waals surface area contributed by atoms with Crippen molar-refractivity contribution in [3.05, 3.63) is 21.9 Å². The summed E-state index contributed by atoms with van der Waals surface area (Å²) >= 11 is 1.57. The smallest absolute Gasteiger partial charge is 0.263 e. The highest BCUT2D eigenvalue weighted by Crippen LogP contribution is 2.43. The maximum atomic E-state index is 13.0. The van der Waals surface area contributed by atoms with E-state index in [2.05, 4.69) is 11.9 Å². The van der Waals surface area contributed by atoms with E-state index in [1.165, 1.54) is 4.88 Å². The Morgan fingerprint density at radius 2 is 1.81 bits per heavy atom. The van der Waals surface area contributed by atoms with Crippen molar-refractivity contribution in [1.82, 2.24) is 14.7 Å². The fraction of sp³-hybridized carbons (Fsp3) is 0.700. The van der Waals surface area contributed by atoms with Gasteiger partial charge in [-0.25, -0.2) is 0 Å². The number of hydrogen-bond acceptors (Lipinski definition) is 5. The second-order valence-corrected chi connectivity index (χ2v) is 9.56. The zero-order valence-corrected chi connectivity index (χ0v) is 17.1. The molecule has 0 N–H and O–H groups in total. The maximum absolute atomic E-state index is 13.0. The molecular formula is C20H29N3O3S. The van der Waals surface area contributed by atoms with Crippen LogP contribution in [0.3, 0.4) is 0 Å². The van der Waals surface area contributed by atoms with Crippen molar-refractivity contribution in [2.24, 2.45) is 5.41 Å². The van der Waals surface area contributed by atoms with Gasteiger partial charge < -0.3 is 14.5 Å². The van der Waals surface area contributed by atoms with Crippen molar-refractivity contribution in [3.63, 3.8) is 0 Å². The molecular weight excluding hydrogens is 362 g/mol. The quantitative estimate of drug-likeness (QED) is 0.772. The highest BCUT2D eigenvalue weighted by atomic mass is 32.1. The average Bonchev–Trinajstić information content (AvgIpc) is 3.25. The number of rotatable bonds is 2. The summed E-state index contributed by atoms with van der Waals surface area (Å²) < 4.78 is 5.38. The van der Waals surface area contributed by atoms with Crippen LogP contribution >= 0.6 is 11.3 Å². The van der Waals surface area contributed by atoms with Crippen LogP contribution in [0.5, 0.6) is 0 Å². The van der Waals surface area contributed by atoms with E-state index in [0.717, 1.165) is 43.8 Å². The van der Waals surface area contributed by atoms with Gasteiger partial charge in [0.25, 0.3) is 5.91 Å². The molecule has 1 unspecified atom stereocenters. The van der Waals surface area contributed by atoms with Crippen LogP contribution in [0.25, 0.3) is 0 Å². The first-order chi connectivity index (χ1) is 13.0. The van der Waals surface area contributed by atoms with Crippen molar-refractivity contribution in [1.29, 1.82) is 0 Å². The molecule has 3 aliphatic rings. The van der Waals surface area contributed by atoms with E-state index >= 15 is 0 Å². The Morgan fingerprint density at radius 3 is 2.44 bits per heavy atom. The molecule has 3 fully saturated rings. The van der Waals surface area contributed by atoms with E-state index in [0.29, 0.717) is 26.3 Å². The summed E-state index contributed by atoms with van der Waals surface area (Å²) in [5, 5.41) is 0. The monoisotopic (exact) mass is 391 g/mol. The lowest BCUT2D eigenvalue weighted by molar-refractivity contribution is -0.139. The second kappa shape index (κ2) is 7.53. The van der Waals surface area contributed by atoms with Gasteiger partial charge in [0.2, 0.25) is 5.91 Å². The third-order valence-electron chi connectivity index (χ3n) is 6.41. The Bertz CT molecular complexity index is 705. The third-order valence-corrected chi connectivity index (χ3v) is 7.40. The van der Waals surface area contributed by atoms with Crippen molar-refractivity contribution >= 4 is 23.2 Å². The molecule has 0 aromatic carbocycles. The van der Waals surface area contributed by atoms with Gasteiger partial charge in [-0.1, -0.05) is 0 Å². The molecule has 3 saturated heterocycles. The van der Waals surface area contributed by atoms with Crippen molar-refractivity contribution in [3.8, 4) is 0 Å². The number of nitrogens with zero attached hydrogens (tertiary/aromatic N) is 3. The normalized spacial score (nSPS) is 25.9. The number of ether oxygens (including phenoxy) is 1. The standard InChI is InChI=1S/C20H29N3O3S/c1-15-3-4-17(27-15)19(25)22-7-5-20(6-8-22)13-16(21(2)14-20)18(24)23-9-11-26-12-10-23/h3-4,16H,5-14H2,1-2H3. The van der Waals surface area contributed by atoms with Crippen molar-refractivity contribution in [2.45, 2.75) is 32.2 Å². The lowest BCUT2D eigenvalue weighted by Gasteiger charge is -2.39. The molecule has 4 rings (SSSR count). The molecule has 6 nitrogen and oxygen atoms in total. The summed E-state index contributed by atoms with van der Waals surface area (Å²) in [6, 6.07) is 3.93. The summed E-state index contributed by atoms with van der Waals surface area (Å²) in [5.74, 6) is 0.417. The van der Waals surface area contributed by atoms with Crippen LogP contribution < -0.4 is 0 Å². The van der Waals surface area contributed by atoms with E-state index in [1.54, 1.807) is 11.3 Å². The van der Waals surface area contributed by atoms with Gasteiger partial charge in [-0.2, -0.15) is 0 Å². The lowest BCUT2D eigenvalue weighted by atomic mass is 9.76. The Hall–Kier alpha value is -1.44. The lowest BCUT2D eigenvalue weighted by Crippen LogP contribution is -2.48. The molecule has 3 aliphatic heterocycles. The van der Waals surface area contributed by atoms with Crippen LogP contribution in [-0.2, 0) is 9.53 Å². The molecule has 27 heavy (non-hydrogen) atoms. The zero-order chi connectivity index (χ0) is 19.0. The fourth-order valence-corrected chi connectivity index (χ4v) is 5.63. The van der Waals surface area contributed by atoms with E-state index in [9.17, 15) is 9.59 Å². The van der Waals surface area contributed by atoms with Gasteiger partial charge in [-0.3, -0.25) is 14.5 Å². The number of carbonyl (C=O) groups excluding carboxylic acids is 2. The van der Waals surface area contributed by atoms with E-state index < -0.39 is 0 Å². The highest BCUT2D eigenvalue weighted by molar-refractivity contribution is 7.13. The molecule has 0 saturated carbocycles. The zero-order valence-electron chi connectivity index (χ0n) is 16.3. The van der Waals surface area contributed by atoms with Gasteiger partial charge in [0.15, 0.2) is 0 Å². The second-order valence-electron chi connectivity index (χ2n) is 8.28. The van der Waals surface area contributed by atoms with Crippen LogP contribution in [0.4, 0.5) is 0 Å². The SMILES string of the molecule is Cc1ccc(C(=O)N2CCC3(CC2)CC(C(=O)N2CCOCC2)N(C)C3)s1. The molecule has 0 radical (unpaired) electrons. The Morgan fingerprint density at radius 1 is 1.11 bits per heavy atom. The summed E-state index contributed by atoms with van der Waals surface area (Å²) in [6.07, 6.45) is 2.89. The Balaban J connectivity index is 1.37. The predicted octanol–water partition coefficient (Wildman–Crippen LogP) is 1.84. The molecule has 148 valence electrons. The van der Waals surface area contributed by atoms with Crippen molar-refractivity contribution in [2.75, 3.05) is 53.0 Å². The molecule has 0 bridgehead atoms. The number of amides is 2. The molecule has 1 spiro atoms. The van der Waals surface area contributed by atoms with Gasteiger partial charge >= 0.3 is 0 Å². The summed E-state index contributed by atoms with van der Waals surface area (Å²) in [4.78, 5) is 33.9. The highest BCUT2D eigenvalue weighted by Gasteiger charge is 2.48. The van der Waals surface area contributed by atoms with Gasteiger partial charge in [-0.15, -0.1) is 11.3 Å². The minimum Gasteiger partial charge on any atom is -0.378 e. The van der Waals surface area contributed by atoms with Crippen LogP contribution in [-0.4, -0.2) is 85.5 Å². The minimum atomic E-state index is -0.0229. The largest absolute Gasteiger partial charge is 0.378 e. The number of likely N-dealkylation sites (N-methyl/N-ethyl adjacent to an activating group) is 1. The van der Waals surface area contributed by atoms with Gasteiger partial charge in [0, 0.05) is 37.6 Å². The molecule has 4 heterocycles. The minimum absolute atomic E-state index is 0.0229. The number of carbonyl (C=O) groups is 2. The summed E-state index contributed by atoms with van der Waals surface area (Å²) in [6.45, 7) is 7.28. The number of hydrogen-bond donors (Lipinski definition) is 0. The number of likely N-dealkylation sites (tertiary alicyclic amines) is 2. The topological polar surface area (TPSA) is 53.1 Å². The van der Waals surface area contributed by atoms with E-state index in [-0.39, 0.29) is 23.3 Å². The molecule has 1 atom stereocenters. The average molecular weight is 392 g/mol. The van der Waals surface area contributed by atoms with Gasteiger partial charge in [0.1, 0.15) is 0 Å². The van der Waals surface area contributed by atoms with E-state index in [4.69, 9.17) is 4.74 Å². The first-order valence-corrected chi connectivity index (χ1v) is 10.7. The molecule has 1 aromatic rings. The number of thiophene rings is 1. The fourth-order valence-electron chi connectivity index (χ4n) is 4.79. The van der Waals surface area contributed by atoms with Crippen LogP contribution in [0.1, 0.15) is 33.8 Å². The molecule has 1 aromatic heterocycles. The first kappa shape index (κ1) is 18.9. The molecule has 7 heteroatoms. The number of piperidine rings is 1. The van der Waals surface area contributed by atoms with E-state index in [1.807, 2.05) is 28.9 Å². The van der Waals surface area contributed by atoms with Gasteiger partial charge in [0.05, 0.1) is 24.1 Å². The van der Waals surface area contributed by atoms with Crippen LogP contribution in [0.15, 0.2) is 12.1 Å². The van der Waals surface area contributed by atoms with Gasteiger partial charge in [-0.05, 0) is 50.8 Å². The van der Waals surface area contributed by atoms with Crippen molar-refractivity contribution < 1.29 is 14.3 Å². The Labute approximate surface area is 165 Å². The molecule has 2 amide bonds. The maximum Gasteiger partial charge on any atom is 0.263 e. The summed E-state index contributed by atoms with van der Waals surface area (Å²) in [5.41, 5.74) is 0.170. The van der Waals surface area contributed by atoms with Crippen LogP contribution in [0, 0.1) is 12.3 Å². The third kappa shape index (κ3) is 3.77. The number of aryl methyl sites for hydroxylation is 1. The Kier molecular flexibility index (Phi) is 5.27. The van der Waals surface area contributed by atoms with Crippen LogP contribution in [0.2, 0.25) is 0 Å².